The maximum atomic E-state index is 15.0. The standard InChI is InChI=1S/C38H45Cl2N5O7S/c1-4-52-33-16-15-31(53(48,49)44(21-23-50-2)22-24-51-3)25-32(33)36-41-34(26-7-11-29(39)12-8-26)35(27-9-13-30(40)14-10-27)45(36)38(47)43-19-17-42(18-20-43)37(46)28-5-6-28/h7-16,25,28,34-35H,4-6,17-24H2,1-3H3. The molecular weight excluding hydrogens is 741 g/mol. The lowest BCUT2D eigenvalue weighted by atomic mass is 9.93. The number of carbonyl (C=O) groups is 2. The molecule has 2 atom stereocenters. The summed E-state index contributed by atoms with van der Waals surface area (Å²) in [6, 6.07) is 17.6. The van der Waals surface area contributed by atoms with Crippen LogP contribution in [-0.4, -0.2) is 119 Å². The van der Waals surface area contributed by atoms with E-state index in [2.05, 4.69) is 0 Å². The zero-order valence-corrected chi connectivity index (χ0v) is 32.4. The van der Waals surface area contributed by atoms with Crippen molar-refractivity contribution < 1.29 is 32.2 Å². The molecule has 0 radical (unpaired) electrons. The summed E-state index contributed by atoms with van der Waals surface area (Å²) >= 11 is 12.7. The van der Waals surface area contributed by atoms with Gasteiger partial charge in [0, 0.05) is 69.5 Å². The summed E-state index contributed by atoms with van der Waals surface area (Å²) in [5.41, 5.74) is 1.92. The number of aliphatic imine (C=N–C) groups is 1. The first kappa shape index (κ1) is 39.0. The van der Waals surface area contributed by atoms with Gasteiger partial charge >= 0.3 is 6.03 Å². The number of hydrogen-bond acceptors (Lipinski definition) is 8. The number of amides is 3. The molecule has 12 nitrogen and oxygen atoms in total. The van der Waals surface area contributed by atoms with Crippen LogP contribution in [0.1, 0.15) is 48.5 Å². The number of benzene rings is 3. The van der Waals surface area contributed by atoms with Crippen LogP contribution in [0.5, 0.6) is 5.75 Å². The van der Waals surface area contributed by atoms with Crippen LogP contribution >= 0.6 is 23.2 Å². The predicted molar refractivity (Wildman–Crippen MR) is 203 cm³/mol. The molecule has 1 saturated carbocycles. The Morgan fingerprint density at radius 2 is 1.40 bits per heavy atom. The Labute approximate surface area is 321 Å². The molecule has 2 fully saturated rings. The molecule has 3 aromatic rings. The van der Waals surface area contributed by atoms with Gasteiger partial charge in [-0.15, -0.1) is 0 Å². The number of amidine groups is 1. The molecule has 0 spiro atoms. The Bertz CT molecular complexity index is 1890. The Morgan fingerprint density at radius 1 is 0.830 bits per heavy atom. The number of piperazine rings is 1. The second-order valence-electron chi connectivity index (χ2n) is 13.2. The van der Waals surface area contributed by atoms with Crippen molar-refractivity contribution in [3.63, 3.8) is 0 Å². The quantitative estimate of drug-likeness (QED) is 0.200. The summed E-state index contributed by atoms with van der Waals surface area (Å²) in [4.78, 5) is 38.4. The number of urea groups is 1. The second-order valence-corrected chi connectivity index (χ2v) is 16.0. The van der Waals surface area contributed by atoms with Gasteiger partial charge in [0.15, 0.2) is 0 Å². The molecule has 1 aliphatic carbocycles. The highest BCUT2D eigenvalue weighted by Gasteiger charge is 2.46. The van der Waals surface area contributed by atoms with Gasteiger partial charge in [-0.3, -0.25) is 14.7 Å². The Kier molecular flexibility index (Phi) is 12.6. The number of halogens is 2. The fraction of sp³-hybridized carbons (Fsp3) is 0.447. The fourth-order valence-corrected chi connectivity index (χ4v) is 8.41. The lowest BCUT2D eigenvalue weighted by molar-refractivity contribution is -0.134. The van der Waals surface area contributed by atoms with Crippen LogP contribution in [-0.2, 0) is 24.3 Å². The largest absolute Gasteiger partial charge is 0.493 e. The first-order chi connectivity index (χ1) is 25.6. The van der Waals surface area contributed by atoms with Crippen molar-refractivity contribution >= 4 is 51.0 Å². The maximum absolute atomic E-state index is 15.0. The number of nitrogens with zero attached hydrogens (tertiary/aromatic N) is 5. The molecule has 1 saturated heterocycles. The third-order valence-corrected chi connectivity index (χ3v) is 12.1. The van der Waals surface area contributed by atoms with Crippen molar-refractivity contribution in [2.24, 2.45) is 10.9 Å². The molecule has 3 aromatic carbocycles. The van der Waals surface area contributed by atoms with E-state index < -0.39 is 22.1 Å². The van der Waals surface area contributed by atoms with Crippen molar-refractivity contribution in [3.8, 4) is 5.75 Å². The van der Waals surface area contributed by atoms with E-state index in [1.165, 1.54) is 30.7 Å². The molecule has 2 heterocycles. The van der Waals surface area contributed by atoms with Crippen LogP contribution in [0.15, 0.2) is 76.6 Å². The highest BCUT2D eigenvalue weighted by molar-refractivity contribution is 7.89. The van der Waals surface area contributed by atoms with Gasteiger partial charge in [-0.25, -0.2) is 13.2 Å². The summed E-state index contributed by atoms with van der Waals surface area (Å²) in [6.07, 6.45) is 1.82. The van der Waals surface area contributed by atoms with E-state index in [0.29, 0.717) is 47.5 Å². The van der Waals surface area contributed by atoms with Gasteiger partial charge in [-0.2, -0.15) is 4.31 Å². The predicted octanol–water partition coefficient (Wildman–Crippen LogP) is 5.89. The Hall–Kier alpha value is -3.72. The minimum atomic E-state index is -4.06. The Balaban J connectivity index is 1.48. The summed E-state index contributed by atoms with van der Waals surface area (Å²) < 4.78 is 46.3. The summed E-state index contributed by atoms with van der Waals surface area (Å²) in [6.45, 7) is 4.23. The average molecular weight is 787 g/mol. The van der Waals surface area contributed by atoms with Crippen molar-refractivity contribution in [1.82, 2.24) is 19.0 Å². The first-order valence-corrected chi connectivity index (χ1v) is 20.0. The molecule has 6 rings (SSSR count). The smallest absolute Gasteiger partial charge is 0.326 e. The minimum absolute atomic E-state index is 0.00319. The van der Waals surface area contributed by atoms with Crippen LogP contribution in [0.25, 0.3) is 0 Å². The number of sulfonamides is 1. The van der Waals surface area contributed by atoms with E-state index in [-0.39, 0.29) is 61.5 Å². The fourth-order valence-electron chi connectivity index (χ4n) is 6.73. The van der Waals surface area contributed by atoms with E-state index in [1.54, 1.807) is 40.1 Å². The SMILES string of the molecule is CCOc1ccc(S(=O)(=O)N(CCOC)CCOC)cc1C1=NC(c2ccc(Cl)cc2)C(c2ccc(Cl)cc2)N1C(=O)N1CCN(C(=O)C2CC2)CC1. The van der Waals surface area contributed by atoms with Gasteiger partial charge in [-0.1, -0.05) is 47.5 Å². The number of methoxy groups -OCH3 is 2. The molecule has 0 bridgehead atoms. The molecule has 284 valence electrons. The molecule has 3 aliphatic rings. The van der Waals surface area contributed by atoms with E-state index in [1.807, 2.05) is 36.1 Å². The normalized spacial score (nSPS) is 19.1. The Morgan fingerprint density at radius 3 is 1.94 bits per heavy atom. The van der Waals surface area contributed by atoms with Crippen LogP contribution < -0.4 is 4.74 Å². The third kappa shape index (κ3) is 8.66. The maximum Gasteiger partial charge on any atom is 0.326 e. The van der Waals surface area contributed by atoms with Crippen LogP contribution in [0, 0.1) is 5.92 Å². The number of ether oxygens (including phenoxy) is 3. The molecule has 0 N–H and O–H groups in total. The molecule has 2 unspecified atom stereocenters. The van der Waals surface area contributed by atoms with E-state index in [4.69, 9.17) is 42.4 Å². The zero-order valence-electron chi connectivity index (χ0n) is 30.1. The number of hydrogen-bond donors (Lipinski definition) is 0. The first-order valence-electron chi connectivity index (χ1n) is 17.8. The van der Waals surface area contributed by atoms with Gasteiger partial charge in [0.1, 0.15) is 17.6 Å². The third-order valence-electron chi connectivity index (χ3n) is 9.70. The lowest BCUT2D eigenvalue weighted by Gasteiger charge is -2.39. The van der Waals surface area contributed by atoms with Crippen LogP contribution in [0.3, 0.4) is 0 Å². The van der Waals surface area contributed by atoms with E-state index in [9.17, 15) is 13.2 Å². The zero-order chi connectivity index (χ0) is 37.7. The number of carbonyl (C=O) groups excluding carboxylic acids is 2. The van der Waals surface area contributed by atoms with Gasteiger partial charge in [0.05, 0.1) is 36.3 Å². The van der Waals surface area contributed by atoms with Crippen molar-refractivity contribution in [2.45, 2.75) is 36.7 Å². The summed E-state index contributed by atoms with van der Waals surface area (Å²) in [5, 5.41) is 1.09. The average Bonchev–Trinajstić information content (AvgIpc) is 3.95. The van der Waals surface area contributed by atoms with Crippen LogP contribution in [0.4, 0.5) is 4.79 Å². The topological polar surface area (TPSA) is 121 Å². The molecule has 3 amide bonds. The molecule has 0 aromatic heterocycles. The molecule has 2 aliphatic heterocycles. The van der Waals surface area contributed by atoms with Crippen molar-refractivity contribution in [3.05, 3.63) is 93.5 Å². The molecule has 15 heteroatoms. The molecular formula is C38H45Cl2N5O7S. The highest BCUT2D eigenvalue weighted by atomic mass is 35.5. The summed E-state index contributed by atoms with van der Waals surface area (Å²) in [5.74, 6) is 0.859. The second kappa shape index (κ2) is 17.2. The number of rotatable bonds is 14. The monoisotopic (exact) mass is 785 g/mol. The molecule has 53 heavy (non-hydrogen) atoms. The highest BCUT2D eigenvalue weighted by Crippen LogP contribution is 2.46. The summed E-state index contributed by atoms with van der Waals surface area (Å²) in [7, 11) is -1.04. The van der Waals surface area contributed by atoms with Crippen molar-refractivity contribution in [1.29, 1.82) is 0 Å². The van der Waals surface area contributed by atoms with Crippen LogP contribution in [0.2, 0.25) is 10.0 Å². The minimum Gasteiger partial charge on any atom is -0.493 e. The lowest BCUT2D eigenvalue weighted by Crippen LogP contribution is -2.55. The van der Waals surface area contributed by atoms with Gasteiger partial charge in [0.2, 0.25) is 15.9 Å². The van der Waals surface area contributed by atoms with E-state index >= 15 is 4.79 Å². The van der Waals surface area contributed by atoms with Gasteiger partial charge < -0.3 is 24.0 Å². The van der Waals surface area contributed by atoms with Gasteiger partial charge in [0.25, 0.3) is 0 Å². The van der Waals surface area contributed by atoms with Crippen molar-refractivity contribution in [2.75, 3.05) is 73.3 Å². The van der Waals surface area contributed by atoms with Gasteiger partial charge in [-0.05, 0) is 73.4 Å². The van der Waals surface area contributed by atoms with E-state index in [0.717, 1.165) is 24.0 Å².